The predicted octanol–water partition coefficient (Wildman–Crippen LogP) is 11.1. The average Bonchev–Trinajstić information content (AvgIpc) is 3.51. The Labute approximate surface area is 235 Å². The minimum atomic E-state index is 0.783. The lowest BCUT2D eigenvalue weighted by atomic mass is 9.97. The molecule has 184 valence electrons. The van der Waals surface area contributed by atoms with Crippen molar-refractivity contribution in [2.24, 2.45) is 0 Å². The molecule has 2 aromatic heterocycles. The van der Waals surface area contributed by atoms with Crippen LogP contribution in [0.15, 0.2) is 133 Å². The van der Waals surface area contributed by atoms with Crippen LogP contribution in [0.3, 0.4) is 0 Å². The van der Waals surface area contributed by atoms with Gasteiger partial charge in [0.15, 0.2) is 0 Å². The van der Waals surface area contributed by atoms with Crippen LogP contribution in [-0.2, 0) is 0 Å². The topological polar surface area (TPSA) is 4.93 Å². The SMILES string of the molecule is Clc1ccc2c(c1)sc1ccc(-c3cccc(-c4ccc5c6ccccc6n(-c6ccccc6)c5c4)c3)cc12. The summed E-state index contributed by atoms with van der Waals surface area (Å²) in [7, 11) is 0. The molecule has 0 aliphatic carbocycles. The molecule has 6 aromatic carbocycles. The van der Waals surface area contributed by atoms with Gasteiger partial charge in [-0.3, -0.25) is 0 Å². The largest absolute Gasteiger partial charge is 0.309 e. The molecule has 3 heteroatoms. The van der Waals surface area contributed by atoms with Gasteiger partial charge in [0.05, 0.1) is 11.0 Å². The van der Waals surface area contributed by atoms with Gasteiger partial charge in [0.25, 0.3) is 0 Å². The Bertz CT molecular complexity index is 2190. The van der Waals surface area contributed by atoms with Gasteiger partial charge in [0.2, 0.25) is 0 Å². The Morgan fingerprint density at radius 1 is 0.436 bits per heavy atom. The van der Waals surface area contributed by atoms with Crippen molar-refractivity contribution in [2.75, 3.05) is 0 Å². The maximum Gasteiger partial charge on any atom is 0.0547 e. The van der Waals surface area contributed by atoms with Crippen LogP contribution in [0.1, 0.15) is 0 Å². The highest BCUT2D eigenvalue weighted by Crippen LogP contribution is 2.39. The maximum absolute atomic E-state index is 6.26. The smallest absolute Gasteiger partial charge is 0.0547 e. The van der Waals surface area contributed by atoms with Gasteiger partial charge in [-0.2, -0.15) is 0 Å². The molecule has 0 spiro atoms. The van der Waals surface area contributed by atoms with Crippen molar-refractivity contribution in [3.63, 3.8) is 0 Å². The van der Waals surface area contributed by atoms with E-state index < -0.39 is 0 Å². The van der Waals surface area contributed by atoms with E-state index in [1.54, 1.807) is 11.3 Å². The van der Waals surface area contributed by atoms with Gasteiger partial charge in [-0.25, -0.2) is 0 Å². The van der Waals surface area contributed by atoms with E-state index in [-0.39, 0.29) is 0 Å². The van der Waals surface area contributed by atoms with E-state index in [0.717, 1.165) is 5.02 Å². The normalized spacial score (nSPS) is 11.7. The quantitative estimate of drug-likeness (QED) is 0.212. The summed E-state index contributed by atoms with van der Waals surface area (Å²) in [6, 6.07) is 48.0. The van der Waals surface area contributed by atoms with E-state index in [9.17, 15) is 0 Å². The van der Waals surface area contributed by atoms with E-state index in [4.69, 9.17) is 11.6 Å². The number of thiophene rings is 1. The molecule has 0 atom stereocenters. The third-order valence-corrected chi connectivity index (χ3v) is 9.02. The van der Waals surface area contributed by atoms with Gasteiger partial charge in [0, 0.05) is 41.7 Å². The number of hydrogen-bond donors (Lipinski definition) is 0. The highest BCUT2D eigenvalue weighted by molar-refractivity contribution is 7.25. The monoisotopic (exact) mass is 535 g/mol. The molecule has 0 saturated heterocycles. The van der Waals surface area contributed by atoms with Crippen LogP contribution < -0.4 is 0 Å². The van der Waals surface area contributed by atoms with E-state index in [2.05, 4.69) is 132 Å². The number of benzene rings is 6. The third-order valence-electron chi connectivity index (χ3n) is 7.65. The van der Waals surface area contributed by atoms with Crippen LogP contribution in [0.5, 0.6) is 0 Å². The van der Waals surface area contributed by atoms with E-state index in [0.29, 0.717) is 0 Å². The molecular formula is C36H22ClNS. The van der Waals surface area contributed by atoms with E-state index in [1.807, 2.05) is 6.07 Å². The van der Waals surface area contributed by atoms with Crippen molar-refractivity contribution in [1.82, 2.24) is 4.57 Å². The Morgan fingerprint density at radius 3 is 2.00 bits per heavy atom. The first kappa shape index (κ1) is 22.6. The number of para-hydroxylation sites is 2. The molecule has 1 nitrogen and oxygen atoms in total. The molecule has 0 N–H and O–H groups in total. The Kier molecular flexibility index (Phi) is 5.12. The van der Waals surface area contributed by atoms with Gasteiger partial charge < -0.3 is 4.57 Å². The molecule has 8 aromatic rings. The van der Waals surface area contributed by atoms with Gasteiger partial charge in [-0.15, -0.1) is 11.3 Å². The molecule has 0 amide bonds. The van der Waals surface area contributed by atoms with Crippen molar-refractivity contribution in [1.29, 1.82) is 0 Å². The number of halogens is 1. The van der Waals surface area contributed by atoms with Gasteiger partial charge in [-0.1, -0.05) is 90.5 Å². The number of hydrogen-bond acceptors (Lipinski definition) is 1. The Morgan fingerprint density at radius 2 is 1.13 bits per heavy atom. The zero-order valence-electron chi connectivity index (χ0n) is 20.9. The molecule has 8 rings (SSSR count). The highest BCUT2D eigenvalue weighted by Gasteiger charge is 2.14. The first-order chi connectivity index (χ1) is 19.2. The van der Waals surface area contributed by atoms with Gasteiger partial charge >= 0.3 is 0 Å². The second-order valence-electron chi connectivity index (χ2n) is 9.95. The number of fused-ring (bicyclic) bond motifs is 6. The summed E-state index contributed by atoms with van der Waals surface area (Å²) >= 11 is 8.05. The van der Waals surface area contributed by atoms with Gasteiger partial charge in [0.1, 0.15) is 0 Å². The lowest BCUT2D eigenvalue weighted by Crippen LogP contribution is -1.93. The zero-order valence-corrected chi connectivity index (χ0v) is 22.5. The van der Waals surface area contributed by atoms with Crippen LogP contribution in [0.4, 0.5) is 0 Å². The summed E-state index contributed by atoms with van der Waals surface area (Å²) in [5.74, 6) is 0. The molecule has 0 fully saturated rings. The van der Waals surface area contributed by atoms with Crippen molar-refractivity contribution in [3.05, 3.63) is 138 Å². The van der Waals surface area contributed by atoms with Crippen molar-refractivity contribution in [2.45, 2.75) is 0 Å². The summed E-state index contributed by atoms with van der Waals surface area (Å²) in [4.78, 5) is 0. The molecule has 0 aliphatic rings. The third kappa shape index (κ3) is 3.68. The summed E-state index contributed by atoms with van der Waals surface area (Å²) in [5.41, 5.74) is 8.47. The van der Waals surface area contributed by atoms with E-state index in [1.165, 1.54) is 69.9 Å². The van der Waals surface area contributed by atoms with E-state index >= 15 is 0 Å². The molecule has 0 bridgehead atoms. The van der Waals surface area contributed by atoms with Crippen molar-refractivity contribution >= 4 is 64.9 Å². The number of aromatic nitrogens is 1. The standard InChI is InChI=1S/C36H22ClNS/c37-27-15-17-31-32-20-25(14-18-35(32)39-36(31)22-27)23-7-6-8-24(19-23)26-13-16-30-29-11-4-5-12-33(29)38(34(30)21-26)28-9-2-1-3-10-28/h1-22H. The fraction of sp³-hybridized carbons (Fsp3) is 0. The molecule has 0 unspecified atom stereocenters. The molecule has 2 heterocycles. The van der Waals surface area contributed by atoms with Crippen molar-refractivity contribution in [3.8, 4) is 27.9 Å². The number of nitrogens with zero attached hydrogens (tertiary/aromatic N) is 1. The molecule has 0 saturated carbocycles. The van der Waals surface area contributed by atoms with Crippen LogP contribution >= 0.6 is 22.9 Å². The Balaban J connectivity index is 1.28. The molecule has 39 heavy (non-hydrogen) atoms. The fourth-order valence-corrected chi connectivity index (χ4v) is 7.18. The minimum absolute atomic E-state index is 0.783. The van der Waals surface area contributed by atoms with Gasteiger partial charge in [-0.05, 0) is 76.9 Å². The summed E-state index contributed by atoms with van der Waals surface area (Å²) in [6.45, 7) is 0. The summed E-state index contributed by atoms with van der Waals surface area (Å²) in [6.07, 6.45) is 0. The number of rotatable bonds is 3. The molecule has 0 radical (unpaired) electrons. The summed E-state index contributed by atoms with van der Waals surface area (Å²) < 4.78 is 4.89. The highest BCUT2D eigenvalue weighted by atomic mass is 35.5. The van der Waals surface area contributed by atoms with Crippen molar-refractivity contribution < 1.29 is 0 Å². The maximum atomic E-state index is 6.26. The predicted molar refractivity (Wildman–Crippen MR) is 170 cm³/mol. The zero-order chi connectivity index (χ0) is 25.9. The average molecular weight is 536 g/mol. The second-order valence-corrected chi connectivity index (χ2v) is 11.5. The molecular weight excluding hydrogens is 514 g/mol. The first-order valence-electron chi connectivity index (χ1n) is 13.0. The van der Waals surface area contributed by atoms with Crippen LogP contribution in [0.25, 0.3) is 69.9 Å². The second kappa shape index (κ2) is 8.84. The minimum Gasteiger partial charge on any atom is -0.309 e. The fourth-order valence-electron chi connectivity index (χ4n) is 5.81. The Hall–Kier alpha value is -4.37. The van der Waals surface area contributed by atoms with Crippen LogP contribution in [-0.4, -0.2) is 4.57 Å². The lowest BCUT2D eigenvalue weighted by Gasteiger charge is -2.10. The van der Waals surface area contributed by atoms with Crippen LogP contribution in [0.2, 0.25) is 5.02 Å². The first-order valence-corrected chi connectivity index (χ1v) is 14.2. The lowest BCUT2D eigenvalue weighted by molar-refractivity contribution is 1.18. The summed E-state index contributed by atoms with van der Waals surface area (Å²) in [5, 5.41) is 5.86. The molecule has 0 aliphatic heterocycles. The van der Waals surface area contributed by atoms with Crippen LogP contribution in [0, 0.1) is 0 Å².